The maximum Gasteiger partial charge on any atom is 0.435 e. The van der Waals surface area contributed by atoms with Crippen molar-refractivity contribution in [2.45, 2.75) is 26.1 Å². The molecule has 1 aromatic carbocycles. The Morgan fingerprint density at radius 3 is 2.62 bits per heavy atom. The average Bonchev–Trinajstić information content (AvgIpc) is 2.78. The van der Waals surface area contributed by atoms with Gasteiger partial charge in [0.15, 0.2) is 5.69 Å². The van der Waals surface area contributed by atoms with Crippen LogP contribution in [0, 0.1) is 6.92 Å². The number of halogens is 3. The number of benzene rings is 1. The summed E-state index contributed by atoms with van der Waals surface area (Å²) >= 11 is 0. The molecule has 1 amide bonds. The average molecular weight is 341 g/mol. The van der Waals surface area contributed by atoms with E-state index in [-0.39, 0.29) is 18.5 Å². The van der Waals surface area contributed by atoms with E-state index in [1.807, 2.05) is 0 Å². The molecule has 2 N–H and O–H groups in total. The Morgan fingerprint density at radius 2 is 2.04 bits per heavy atom. The maximum atomic E-state index is 12.7. The van der Waals surface area contributed by atoms with E-state index in [0.29, 0.717) is 11.3 Å². The van der Waals surface area contributed by atoms with Gasteiger partial charge in [0.25, 0.3) is 0 Å². The minimum Gasteiger partial charge on any atom is -0.481 e. The van der Waals surface area contributed by atoms with Crippen LogP contribution in [-0.4, -0.2) is 26.8 Å². The molecule has 2 aromatic rings. The lowest BCUT2D eigenvalue weighted by Crippen LogP contribution is -2.20. The zero-order chi connectivity index (χ0) is 17.9. The number of aliphatic carboxylic acids is 1. The van der Waals surface area contributed by atoms with Crippen molar-refractivity contribution in [1.29, 1.82) is 0 Å². The van der Waals surface area contributed by atoms with E-state index in [2.05, 4.69) is 10.4 Å². The standard InChI is InChI=1S/C15H14F3N3O3/c1-9-7-21(20-14(9)15(16,17)18)8-12(22)19-11-4-2-3-10(5-11)6-13(23)24/h2-5,7H,6,8H2,1H3,(H,19,22)(H,23,24). The summed E-state index contributed by atoms with van der Waals surface area (Å²) in [7, 11) is 0. The molecule has 0 saturated heterocycles. The summed E-state index contributed by atoms with van der Waals surface area (Å²) in [6.07, 6.45) is -3.63. The molecule has 0 spiro atoms. The normalized spacial score (nSPS) is 11.3. The number of carboxylic acids is 1. The number of nitrogens with one attached hydrogen (secondary N) is 1. The lowest BCUT2D eigenvalue weighted by atomic mass is 10.1. The lowest BCUT2D eigenvalue weighted by Gasteiger charge is -2.07. The SMILES string of the molecule is Cc1cn(CC(=O)Nc2cccc(CC(=O)O)c2)nc1C(F)(F)F. The second-order valence-corrected chi connectivity index (χ2v) is 5.18. The van der Waals surface area contributed by atoms with Crippen LogP contribution in [0.5, 0.6) is 0 Å². The predicted octanol–water partition coefficient (Wildman–Crippen LogP) is 2.48. The molecule has 2 rings (SSSR count). The monoisotopic (exact) mass is 341 g/mol. The number of rotatable bonds is 5. The van der Waals surface area contributed by atoms with E-state index < -0.39 is 23.7 Å². The van der Waals surface area contributed by atoms with Gasteiger partial charge in [-0.1, -0.05) is 12.1 Å². The van der Waals surface area contributed by atoms with Gasteiger partial charge in [-0.2, -0.15) is 18.3 Å². The van der Waals surface area contributed by atoms with Crippen molar-refractivity contribution < 1.29 is 27.9 Å². The molecular formula is C15H14F3N3O3. The fourth-order valence-corrected chi connectivity index (χ4v) is 2.16. The van der Waals surface area contributed by atoms with Crippen LogP contribution in [0.3, 0.4) is 0 Å². The summed E-state index contributed by atoms with van der Waals surface area (Å²) in [5.41, 5.74) is -0.245. The molecule has 1 heterocycles. The number of alkyl halides is 3. The molecular weight excluding hydrogens is 327 g/mol. The predicted molar refractivity (Wildman–Crippen MR) is 78.4 cm³/mol. The van der Waals surface area contributed by atoms with Crippen molar-refractivity contribution in [2.75, 3.05) is 5.32 Å². The van der Waals surface area contributed by atoms with Gasteiger partial charge in [0, 0.05) is 11.9 Å². The van der Waals surface area contributed by atoms with Gasteiger partial charge in [0.2, 0.25) is 5.91 Å². The molecule has 0 fully saturated rings. The molecule has 9 heteroatoms. The van der Waals surface area contributed by atoms with Crippen LogP contribution in [0.1, 0.15) is 16.8 Å². The van der Waals surface area contributed by atoms with E-state index in [1.165, 1.54) is 13.0 Å². The van der Waals surface area contributed by atoms with Crippen molar-refractivity contribution in [3.8, 4) is 0 Å². The summed E-state index contributed by atoms with van der Waals surface area (Å²) in [5, 5.41) is 14.6. The highest BCUT2D eigenvalue weighted by molar-refractivity contribution is 5.90. The van der Waals surface area contributed by atoms with E-state index >= 15 is 0 Å². The summed E-state index contributed by atoms with van der Waals surface area (Å²) in [6.45, 7) is 0.875. The minimum atomic E-state index is -4.57. The Kier molecular flexibility index (Phi) is 4.91. The van der Waals surface area contributed by atoms with Crippen molar-refractivity contribution in [3.05, 3.63) is 47.3 Å². The first kappa shape index (κ1) is 17.5. The van der Waals surface area contributed by atoms with Crippen LogP contribution in [-0.2, 0) is 28.7 Å². The van der Waals surface area contributed by atoms with Gasteiger partial charge in [0.1, 0.15) is 6.54 Å². The van der Waals surface area contributed by atoms with Gasteiger partial charge in [-0.05, 0) is 30.2 Å². The first-order valence-electron chi connectivity index (χ1n) is 6.87. The summed E-state index contributed by atoms with van der Waals surface area (Å²) in [5.74, 6) is -1.58. The van der Waals surface area contributed by atoms with Gasteiger partial charge in [0.05, 0.1) is 6.42 Å². The van der Waals surface area contributed by atoms with Crippen LogP contribution in [0.2, 0.25) is 0 Å². The molecule has 0 aliphatic heterocycles. The van der Waals surface area contributed by atoms with Crippen LogP contribution in [0.4, 0.5) is 18.9 Å². The first-order valence-corrected chi connectivity index (χ1v) is 6.87. The van der Waals surface area contributed by atoms with E-state index in [9.17, 15) is 22.8 Å². The Labute approximate surface area is 134 Å². The van der Waals surface area contributed by atoms with E-state index in [1.54, 1.807) is 18.2 Å². The van der Waals surface area contributed by atoms with Gasteiger partial charge in [-0.25, -0.2) is 0 Å². The van der Waals surface area contributed by atoms with Gasteiger partial charge < -0.3 is 10.4 Å². The largest absolute Gasteiger partial charge is 0.481 e. The number of carbonyl (C=O) groups is 2. The molecule has 6 nitrogen and oxygen atoms in total. The lowest BCUT2D eigenvalue weighted by molar-refractivity contribution is -0.142. The molecule has 0 atom stereocenters. The van der Waals surface area contributed by atoms with Crippen molar-refractivity contribution in [1.82, 2.24) is 9.78 Å². The number of aromatic nitrogens is 2. The molecule has 1 aromatic heterocycles. The molecule has 24 heavy (non-hydrogen) atoms. The number of carboxylic acid groups (broad SMARTS) is 1. The fourth-order valence-electron chi connectivity index (χ4n) is 2.16. The molecule has 0 unspecified atom stereocenters. The van der Waals surface area contributed by atoms with Gasteiger partial charge in [-0.3, -0.25) is 14.3 Å². The number of anilines is 1. The van der Waals surface area contributed by atoms with Gasteiger partial charge in [-0.15, -0.1) is 0 Å². The number of carbonyl (C=O) groups excluding carboxylic acids is 1. The Hall–Kier alpha value is -2.84. The highest BCUT2D eigenvalue weighted by Gasteiger charge is 2.36. The quantitative estimate of drug-likeness (QED) is 0.875. The number of nitrogens with zero attached hydrogens (tertiary/aromatic N) is 2. The second kappa shape index (κ2) is 6.73. The topological polar surface area (TPSA) is 84.2 Å². The van der Waals surface area contributed by atoms with Crippen LogP contribution >= 0.6 is 0 Å². The Balaban J connectivity index is 2.05. The Morgan fingerprint density at radius 1 is 1.33 bits per heavy atom. The zero-order valence-electron chi connectivity index (χ0n) is 12.6. The van der Waals surface area contributed by atoms with Crippen LogP contribution < -0.4 is 5.32 Å². The zero-order valence-corrected chi connectivity index (χ0v) is 12.6. The van der Waals surface area contributed by atoms with E-state index in [0.717, 1.165) is 10.9 Å². The number of aryl methyl sites for hydroxylation is 1. The van der Waals surface area contributed by atoms with Crippen molar-refractivity contribution >= 4 is 17.6 Å². The first-order chi connectivity index (χ1) is 11.1. The maximum absolute atomic E-state index is 12.7. The Bertz CT molecular complexity index is 769. The highest BCUT2D eigenvalue weighted by atomic mass is 19.4. The number of amides is 1. The van der Waals surface area contributed by atoms with Crippen molar-refractivity contribution in [3.63, 3.8) is 0 Å². The van der Waals surface area contributed by atoms with Gasteiger partial charge >= 0.3 is 12.1 Å². The highest BCUT2D eigenvalue weighted by Crippen LogP contribution is 2.30. The molecule has 0 aliphatic carbocycles. The van der Waals surface area contributed by atoms with Crippen LogP contribution in [0.25, 0.3) is 0 Å². The smallest absolute Gasteiger partial charge is 0.435 e. The summed E-state index contributed by atoms with van der Waals surface area (Å²) in [6, 6.07) is 6.21. The third kappa shape index (κ3) is 4.58. The summed E-state index contributed by atoms with van der Waals surface area (Å²) < 4.78 is 38.9. The third-order valence-electron chi connectivity index (χ3n) is 3.08. The molecule has 0 bridgehead atoms. The number of hydrogen-bond acceptors (Lipinski definition) is 3. The third-order valence-corrected chi connectivity index (χ3v) is 3.08. The van der Waals surface area contributed by atoms with Crippen LogP contribution in [0.15, 0.2) is 30.5 Å². The second-order valence-electron chi connectivity index (χ2n) is 5.18. The minimum absolute atomic E-state index is 0.0706. The molecule has 0 aliphatic rings. The molecule has 128 valence electrons. The van der Waals surface area contributed by atoms with E-state index in [4.69, 9.17) is 5.11 Å². The number of hydrogen-bond donors (Lipinski definition) is 2. The molecule has 0 saturated carbocycles. The molecule has 0 radical (unpaired) electrons. The summed E-state index contributed by atoms with van der Waals surface area (Å²) in [4.78, 5) is 22.6. The van der Waals surface area contributed by atoms with Crippen molar-refractivity contribution in [2.24, 2.45) is 0 Å². The fraction of sp³-hybridized carbons (Fsp3) is 0.267.